The average molecular weight is 247 g/mol. The van der Waals surface area contributed by atoms with Gasteiger partial charge in [-0.3, -0.25) is 4.68 Å². The first-order valence-electron chi connectivity index (χ1n) is 6.39. The molecule has 0 radical (unpaired) electrons. The summed E-state index contributed by atoms with van der Waals surface area (Å²) < 4.78 is 2.05. The minimum absolute atomic E-state index is 0.274. The van der Waals surface area contributed by atoms with E-state index in [-0.39, 0.29) is 6.04 Å². The molecule has 0 aliphatic carbocycles. The van der Waals surface area contributed by atoms with Crippen molar-refractivity contribution in [3.63, 3.8) is 0 Å². The summed E-state index contributed by atoms with van der Waals surface area (Å²) in [5.74, 6) is 0.958. The lowest BCUT2D eigenvalue weighted by molar-refractivity contribution is 0.555. The summed E-state index contributed by atoms with van der Waals surface area (Å²) in [6, 6.07) is 0.274. The van der Waals surface area contributed by atoms with Crippen molar-refractivity contribution in [3.05, 3.63) is 35.2 Å². The van der Waals surface area contributed by atoms with Crippen molar-refractivity contribution in [2.45, 2.75) is 46.8 Å². The van der Waals surface area contributed by atoms with E-state index in [4.69, 9.17) is 0 Å². The first kappa shape index (κ1) is 12.8. The zero-order valence-corrected chi connectivity index (χ0v) is 11.5. The van der Waals surface area contributed by atoms with Gasteiger partial charge >= 0.3 is 0 Å². The maximum atomic E-state index is 4.55. The second-order valence-electron chi connectivity index (χ2n) is 4.54. The van der Waals surface area contributed by atoms with Crippen LogP contribution in [0, 0.1) is 13.8 Å². The van der Waals surface area contributed by atoms with Crippen molar-refractivity contribution in [2.24, 2.45) is 0 Å². The van der Waals surface area contributed by atoms with Crippen LogP contribution < -0.4 is 5.32 Å². The molecule has 2 aromatic heterocycles. The predicted octanol–water partition coefficient (Wildman–Crippen LogP) is 2.09. The molecule has 0 aromatic carbocycles. The fourth-order valence-corrected chi connectivity index (χ4v) is 2.39. The number of hydrogen-bond acceptors (Lipinski definition) is 3. The molecule has 0 fully saturated rings. The molecule has 0 aliphatic rings. The van der Waals surface area contributed by atoms with E-state index < -0.39 is 0 Å². The first-order chi connectivity index (χ1) is 8.63. The lowest BCUT2D eigenvalue weighted by Crippen LogP contribution is -2.20. The van der Waals surface area contributed by atoms with Crippen molar-refractivity contribution in [2.75, 3.05) is 0 Å². The Morgan fingerprint density at radius 2 is 2.22 bits per heavy atom. The van der Waals surface area contributed by atoms with E-state index in [2.05, 4.69) is 52.8 Å². The fraction of sp³-hybridized carbons (Fsp3) is 0.538. The number of H-pyrrole nitrogens is 1. The third kappa shape index (κ3) is 2.46. The van der Waals surface area contributed by atoms with Gasteiger partial charge in [0.25, 0.3) is 0 Å². The van der Waals surface area contributed by atoms with E-state index in [0.717, 1.165) is 24.6 Å². The van der Waals surface area contributed by atoms with Crippen LogP contribution >= 0.6 is 0 Å². The Morgan fingerprint density at radius 1 is 1.44 bits per heavy atom. The standard InChI is InChI=1S/C13H21N5/c1-5-18-11(4)13(10(3)17-18)9(2)16-8-12-14-6-7-15-12/h6-7,9,16H,5,8H2,1-4H3,(H,14,15). The van der Waals surface area contributed by atoms with Crippen LogP contribution in [0.15, 0.2) is 12.4 Å². The molecule has 0 amide bonds. The predicted molar refractivity (Wildman–Crippen MR) is 71.2 cm³/mol. The Labute approximate surface area is 108 Å². The van der Waals surface area contributed by atoms with Gasteiger partial charge in [-0.25, -0.2) is 4.98 Å². The zero-order valence-electron chi connectivity index (χ0n) is 11.5. The van der Waals surface area contributed by atoms with Gasteiger partial charge < -0.3 is 10.3 Å². The summed E-state index contributed by atoms with van der Waals surface area (Å²) in [5.41, 5.74) is 3.65. The van der Waals surface area contributed by atoms with Crippen LogP contribution in [-0.4, -0.2) is 19.7 Å². The van der Waals surface area contributed by atoms with Gasteiger partial charge in [0.05, 0.1) is 12.2 Å². The Morgan fingerprint density at radius 3 is 2.78 bits per heavy atom. The summed E-state index contributed by atoms with van der Waals surface area (Å²) >= 11 is 0. The Balaban J connectivity index is 2.08. The maximum absolute atomic E-state index is 4.55. The minimum Gasteiger partial charge on any atom is -0.348 e. The molecule has 2 rings (SSSR count). The second kappa shape index (κ2) is 5.35. The van der Waals surface area contributed by atoms with E-state index in [1.165, 1.54) is 11.3 Å². The van der Waals surface area contributed by atoms with Gasteiger partial charge in [-0.15, -0.1) is 0 Å². The van der Waals surface area contributed by atoms with Gasteiger partial charge in [0.1, 0.15) is 5.82 Å². The van der Waals surface area contributed by atoms with E-state index in [1.54, 1.807) is 6.20 Å². The molecule has 0 spiro atoms. The highest BCUT2D eigenvalue weighted by atomic mass is 15.3. The molecule has 0 aliphatic heterocycles. The molecule has 2 heterocycles. The zero-order chi connectivity index (χ0) is 13.1. The average Bonchev–Trinajstić information content (AvgIpc) is 2.94. The van der Waals surface area contributed by atoms with Crippen LogP contribution in [0.4, 0.5) is 0 Å². The maximum Gasteiger partial charge on any atom is 0.120 e. The van der Waals surface area contributed by atoms with E-state index >= 15 is 0 Å². The van der Waals surface area contributed by atoms with Gasteiger partial charge in [0.2, 0.25) is 0 Å². The van der Waals surface area contributed by atoms with Crippen molar-refractivity contribution in [1.29, 1.82) is 0 Å². The van der Waals surface area contributed by atoms with Crippen molar-refractivity contribution in [1.82, 2.24) is 25.1 Å². The van der Waals surface area contributed by atoms with Crippen molar-refractivity contribution in [3.8, 4) is 0 Å². The van der Waals surface area contributed by atoms with Gasteiger partial charge in [0, 0.05) is 36.2 Å². The van der Waals surface area contributed by atoms with Gasteiger partial charge in [-0.1, -0.05) is 0 Å². The molecule has 5 heteroatoms. The Bertz CT molecular complexity index is 498. The molecule has 0 saturated heterocycles. The number of aromatic nitrogens is 4. The monoisotopic (exact) mass is 247 g/mol. The molecule has 1 atom stereocenters. The summed E-state index contributed by atoms with van der Waals surface area (Å²) in [5, 5.41) is 8.02. The number of nitrogens with zero attached hydrogens (tertiary/aromatic N) is 3. The smallest absolute Gasteiger partial charge is 0.120 e. The van der Waals surface area contributed by atoms with Crippen molar-refractivity contribution >= 4 is 0 Å². The molecule has 98 valence electrons. The molecule has 18 heavy (non-hydrogen) atoms. The van der Waals surface area contributed by atoms with Crippen LogP contribution in [0.1, 0.15) is 42.7 Å². The van der Waals surface area contributed by atoms with Gasteiger partial charge in [-0.05, 0) is 27.7 Å². The number of aromatic amines is 1. The summed E-state index contributed by atoms with van der Waals surface area (Å²) in [4.78, 5) is 7.30. The molecular weight excluding hydrogens is 226 g/mol. The SMILES string of the molecule is CCn1nc(C)c(C(C)NCc2ncc[nH]2)c1C. The lowest BCUT2D eigenvalue weighted by Gasteiger charge is -2.14. The highest BCUT2D eigenvalue weighted by Gasteiger charge is 2.16. The third-order valence-corrected chi connectivity index (χ3v) is 3.30. The number of nitrogens with one attached hydrogen (secondary N) is 2. The number of aryl methyl sites for hydroxylation is 2. The normalized spacial score (nSPS) is 12.9. The molecule has 5 nitrogen and oxygen atoms in total. The highest BCUT2D eigenvalue weighted by molar-refractivity contribution is 5.27. The topological polar surface area (TPSA) is 58.5 Å². The molecule has 0 bridgehead atoms. The summed E-state index contributed by atoms with van der Waals surface area (Å²) in [7, 11) is 0. The Kier molecular flexibility index (Phi) is 3.81. The van der Waals surface area contributed by atoms with Crippen LogP contribution in [0.5, 0.6) is 0 Å². The van der Waals surface area contributed by atoms with E-state index in [9.17, 15) is 0 Å². The molecule has 2 N–H and O–H groups in total. The number of imidazole rings is 1. The highest BCUT2D eigenvalue weighted by Crippen LogP contribution is 2.21. The molecular formula is C13H21N5. The van der Waals surface area contributed by atoms with Gasteiger partial charge in [-0.2, -0.15) is 5.10 Å². The van der Waals surface area contributed by atoms with Crippen LogP contribution in [0.25, 0.3) is 0 Å². The van der Waals surface area contributed by atoms with Crippen LogP contribution in [-0.2, 0) is 13.1 Å². The summed E-state index contributed by atoms with van der Waals surface area (Å²) in [6.45, 7) is 10.1. The van der Waals surface area contributed by atoms with Crippen molar-refractivity contribution < 1.29 is 0 Å². The third-order valence-electron chi connectivity index (χ3n) is 3.30. The van der Waals surface area contributed by atoms with Crippen LogP contribution in [0.2, 0.25) is 0 Å². The minimum atomic E-state index is 0.274. The lowest BCUT2D eigenvalue weighted by atomic mass is 10.1. The largest absolute Gasteiger partial charge is 0.348 e. The molecule has 0 saturated carbocycles. The Hall–Kier alpha value is -1.62. The quantitative estimate of drug-likeness (QED) is 0.850. The number of rotatable bonds is 5. The molecule has 2 aromatic rings. The summed E-state index contributed by atoms with van der Waals surface area (Å²) in [6.07, 6.45) is 3.61. The van der Waals surface area contributed by atoms with Crippen LogP contribution in [0.3, 0.4) is 0 Å². The first-order valence-corrected chi connectivity index (χ1v) is 6.39. The fourth-order valence-electron chi connectivity index (χ4n) is 2.39. The number of hydrogen-bond donors (Lipinski definition) is 2. The molecule has 1 unspecified atom stereocenters. The van der Waals surface area contributed by atoms with E-state index in [0.29, 0.717) is 0 Å². The van der Waals surface area contributed by atoms with Gasteiger partial charge in [0.15, 0.2) is 0 Å². The van der Waals surface area contributed by atoms with E-state index in [1.807, 2.05) is 6.20 Å². The second-order valence-corrected chi connectivity index (χ2v) is 4.54.